The average Bonchev–Trinajstić information content (AvgIpc) is 2.54. The summed E-state index contributed by atoms with van der Waals surface area (Å²) < 4.78 is 0. The van der Waals surface area contributed by atoms with Gasteiger partial charge in [-0.1, -0.05) is 39.0 Å². The summed E-state index contributed by atoms with van der Waals surface area (Å²) in [5, 5.41) is 9.34. The fraction of sp³-hybridized carbons (Fsp3) is 0.632. The first-order valence-corrected chi connectivity index (χ1v) is 8.62. The largest absolute Gasteiger partial charge is 0.395 e. The molecule has 1 aliphatic rings. The van der Waals surface area contributed by atoms with Gasteiger partial charge in [0, 0.05) is 37.3 Å². The highest BCUT2D eigenvalue weighted by atomic mass is 16.3. The number of amides is 1. The minimum Gasteiger partial charge on any atom is -0.395 e. The number of nitrogens with zero attached hydrogens (tertiary/aromatic N) is 2. The highest BCUT2D eigenvalue weighted by Gasteiger charge is 2.30. The van der Waals surface area contributed by atoms with Crippen LogP contribution in [0.3, 0.4) is 0 Å². The maximum Gasteiger partial charge on any atom is 0.227 e. The molecule has 2 rings (SSSR count). The smallest absolute Gasteiger partial charge is 0.227 e. The monoisotopic (exact) mass is 318 g/mol. The van der Waals surface area contributed by atoms with E-state index < -0.39 is 0 Å². The van der Waals surface area contributed by atoms with Crippen molar-refractivity contribution < 1.29 is 9.90 Å². The van der Waals surface area contributed by atoms with E-state index in [0.717, 1.165) is 38.2 Å². The maximum atomic E-state index is 12.4. The molecule has 4 nitrogen and oxygen atoms in total. The molecule has 1 saturated heterocycles. The third-order valence-electron chi connectivity index (χ3n) is 4.51. The topological polar surface area (TPSA) is 43.8 Å². The van der Waals surface area contributed by atoms with E-state index in [2.05, 4.69) is 17.0 Å². The number of likely N-dealkylation sites (tertiary alicyclic amines) is 1. The predicted octanol–water partition coefficient (Wildman–Crippen LogP) is 2.77. The predicted molar refractivity (Wildman–Crippen MR) is 94.5 cm³/mol. The van der Waals surface area contributed by atoms with Crippen molar-refractivity contribution in [3.63, 3.8) is 0 Å². The van der Waals surface area contributed by atoms with E-state index in [4.69, 9.17) is 0 Å². The molecule has 0 unspecified atom stereocenters. The van der Waals surface area contributed by atoms with Gasteiger partial charge in [-0.3, -0.25) is 4.79 Å². The lowest BCUT2D eigenvalue weighted by Crippen LogP contribution is -2.46. The molecule has 1 amide bonds. The molecule has 0 bridgehead atoms. The zero-order valence-corrected chi connectivity index (χ0v) is 14.7. The fourth-order valence-electron chi connectivity index (χ4n) is 3.19. The first-order valence-electron chi connectivity index (χ1n) is 8.62. The molecular formula is C19H30N2O2. The van der Waals surface area contributed by atoms with Gasteiger partial charge in [0.2, 0.25) is 5.91 Å². The molecule has 1 N–H and O–H groups in total. The number of piperidine rings is 1. The Hall–Kier alpha value is -1.55. The van der Waals surface area contributed by atoms with Gasteiger partial charge in [-0.15, -0.1) is 0 Å². The summed E-state index contributed by atoms with van der Waals surface area (Å²) in [5.74, 6) is 0.831. The molecule has 1 aromatic carbocycles. The van der Waals surface area contributed by atoms with Crippen LogP contribution >= 0.6 is 0 Å². The Balaban J connectivity index is 1.90. The average molecular weight is 318 g/mol. The highest BCUT2D eigenvalue weighted by molar-refractivity contribution is 5.81. The number of para-hydroxylation sites is 1. The molecule has 0 spiro atoms. The summed E-state index contributed by atoms with van der Waals surface area (Å²) in [6.45, 7) is 9.42. The molecule has 0 radical (unpaired) electrons. The lowest BCUT2D eigenvalue weighted by Gasteiger charge is -2.38. The molecule has 23 heavy (non-hydrogen) atoms. The second-order valence-electron chi connectivity index (χ2n) is 7.49. The van der Waals surface area contributed by atoms with Gasteiger partial charge in [-0.2, -0.15) is 0 Å². The number of aliphatic hydroxyl groups excluding tert-OH is 1. The lowest BCUT2D eigenvalue weighted by atomic mass is 9.91. The molecule has 0 aromatic heterocycles. The number of carbonyl (C=O) groups is 1. The van der Waals surface area contributed by atoms with Gasteiger partial charge in [-0.25, -0.2) is 0 Å². The minimum atomic E-state index is -0.292. The Labute approximate surface area is 140 Å². The second kappa shape index (κ2) is 7.82. The molecule has 4 heteroatoms. The molecular weight excluding hydrogens is 288 g/mol. The van der Waals surface area contributed by atoms with Crippen LogP contribution in [-0.2, 0) is 4.79 Å². The quantitative estimate of drug-likeness (QED) is 0.908. The Bertz CT molecular complexity index is 488. The lowest BCUT2D eigenvalue weighted by molar-refractivity contribution is -0.140. The summed E-state index contributed by atoms with van der Waals surface area (Å²) in [6, 6.07) is 10.3. The Morgan fingerprint density at radius 3 is 2.35 bits per heavy atom. The maximum absolute atomic E-state index is 12.4. The SMILES string of the molecule is CC(C)(C)C(=O)N1CCC(CN(CCO)c2ccccc2)CC1. The zero-order valence-electron chi connectivity index (χ0n) is 14.7. The van der Waals surface area contributed by atoms with Crippen molar-refractivity contribution >= 4 is 11.6 Å². The summed E-state index contributed by atoms with van der Waals surface area (Å²) >= 11 is 0. The van der Waals surface area contributed by atoms with Crippen LogP contribution in [0.2, 0.25) is 0 Å². The van der Waals surface area contributed by atoms with Crippen LogP contribution < -0.4 is 4.90 Å². The van der Waals surface area contributed by atoms with Gasteiger partial charge < -0.3 is 14.9 Å². The normalized spacial score (nSPS) is 16.4. The number of hydrogen-bond donors (Lipinski definition) is 1. The Kier molecular flexibility index (Phi) is 6.05. The van der Waals surface area contributed by atoms with Crippen molar-refractivity contribution in [2.24, 2.45) is 11.3 Å². The third-order valence-corrected chi connectivity index (χ3v) is 4.51. The minimum absolute atomic E-state index is 0.163. The number of aliphatic hydroxyl groups is 1. The van der Waals surface area contributed by atoms with E-state index in [0.29, 0.717) is 12.5 Å². The fourth-order valence-corrected chi connectivity index (χ4v) is 3.19. The van der Waals surface area contributed by atoms with E-state index in [1.54, 1.807) is 0 Å². The number of carbonyl (C=O) groups excluding carboxylic acids is 1. The number of rotatable bonds is 5. The molecule has 0 atom stereocenters. The molecule has 1 fully saturated rings. The molecule has 1 heterocycles. The Morgan fingerprint density at radius 1 is 1.22 bits per heavy atom. The van der Waals surface area contributed by atoms with Crippen molar-refractivity contribution in [2.75, 3.05) is 37.7 Å². The molecule has 1 aromatic rings. The van der Waals surface area contributed by atoms with Crippen LogP contribution in [-0.4, -0.2) is 48.7 Å². The second-order valence-corrected chi connectivity index (χ2v) is 7.49. The van der Waals surface area contributed by atoms with Gasteiger partial charge in [0.15, 0.2) is 0 Å². The van der Waals surface area contributed by atoms with Gasteiger partial charge >= 0.3 is 0 Å². The van der Waals surface area contributed by atoms with Gasteiger partial charge in [0.1, 0.15) is 0 Å². The van der Waals surface area contributed by atoms with Crippen LogP contribution in [0.5, 0.6) is 0 Å². The van der Waals surface area contributed by atoms with Crippen LogP contribution in [0.4, 0.5) is 5.69 Å². The van der Waals surface area contributed by atoms with Crippen LogP contribution in [0.1, 0.15) is 33.6 Å². The van der Waals surface area contributed by atoms with Crippen LogP contribution in [0.15, 0.2) is 30.3 Å². The number of hydrogen-bond acceptors (Lipinski definition) is 3. The summed E-state index contributed by atoms with van der Waals surface area (Å²) in [4.78, 5) is 16.6. The van der Waals surface area contributed by atoms with Crippen molar-refractivity contribution in [3.8, 4) is 0 Å². The van der Waals surface area contributed by atoms with E-state index >= 15 is 0 Å². The summed E-state index contributed by atoms with van der Waals surface area (Å²) in [6.07, 6.45) is 2.08. The molecule has 0 aliphatic carbocycles. The highest BCUT2D eigenvalue weighted by Crippen LogP contribution is 2.25. The van der Waals surface area contributed by atoms with Gasteiger partial charge in [0.25, 0.3) is 0 Å². The number of anilines is 1. The van der Waals surface area contributed by atoms with E-state index in [-0.39, 0.29) is 17.9 Å². The number of benzene rings is 1. The molecule has 1 aliphatic heterocycles. The van der Waals surface area contributed by atoms with E-state index in [1.807, 2.05) is 43.9 Å². The first kappa shape index (κ1) is 17.8. The van der Waals surface area contributed by atoms with E-state index in [1.165, 1.54) is 0 Å². The summed E-state index contributed by atoms with van der Waals surface area (Å²) in [7, 11) is 0. The zero-order chi connectivity index (χ0) is 16.9. The first-order chi connectivity index (χ1) is 10.9. The van der Waals surface area contributed by atoms with Crippen molar-refractivity contribution in [1.82, 2.24) is 4.90 Å². The standard InChI is InChI=1S/C19H30N2O2/c1-19(2,3)18(23)20-11-9-16(10-12-20)15-21(13-14-22)17-7-5-4-6-8-17/h4-8,16,22H,9-15H2,1-3H3. The van der Waals surface area contributed by atoms with Gasteiger partial charge in [-0.05, 0) is 30.9 Å². The molecule has 0 saturated carbocycles. The Morgan fingerprint density at radius 2 is 1.83 bits per heavy atom. The third kappa shape index (κ3) is 4.96. The van der Waals surface area contributed by atoms with E-state index in [9.17, 15) is 9.90 Å². The summed E-state index contributed by atoms with van der Waals surface area (Å²) in [5.41, 5.74) is 0.870. The van der Waals surface area contributed by atoms with Crippen molar-refractivity contribution in [2.45, 2.75) is 33.6 Å². The van der Waals surface area contributed by atoms with Gasteiger partial charge in [0.05, 0.1) is 6.61 Å². The van der Waals surface area contributed by atoms with Crippen molar-refractivity contribution in [1.29, 1.82) is 0 Å². The van der Waals surface area contributed by atoms with Crippen LogP contribution in [0, 0.1) is 11.3 Å². The van der Waals surface area contributed by atoms with Crippen LogP contribution in [0.25, 0.3) is 0 Å². The van der Waals surface area contributed by atoms with Crippen molar-refractivity contribution in [3.05, 3.63) is 30.3 Å². The molecule has 128 valence electrons.